The highest BCUT2D eigenvalue weighted by Crippen LogP contribution is 2.18. The van der Waals surface area contributed by atoms with Crippen LogP contribution in [0.5, 0.6) is 0 Å². The second-order valence-electron chi connectivity index (χ2n) is 6.19. The first-order chi connectivity index (χ1) is 10.8. The number of rotatable bonds is 4. The monoisotopic (exact) mass is 376 g/mol. The molecule has 2 aromatic rings. The summed E-state index contributed by atoms with van der Waals surface area (Å²) in [6.45, 7) is 6.21. The van der Waals surface area contributed by atoms with E-state index in [4.69, 9.17) is 4.74 Å². The van der Waals surface area contributed by atoms with E-state index >= 15 is 0 Å². The Morgan fingerprint density at radius 1 is 1.09 bits per heavy atom. The van der Waals surface area contributed by atoms with E-state index in [2.05, 4.69) is 38.7 Å². The molecule has 0 aliphatic carbocycles. The molecule has 0 aliphatic rings. The summed E-state index contributed by atoms with van der Waals surface area (Å²) in [5, 5.41) is 6.07. The highest BCUT2D eigenvalue weighted by Gasteiger charge is 2.16. The van der Waals surface area contributed by atoms with E-state index in [1.807, 2.05) is 57.2 Å². The number of halogens is 1. The molecule has 0 heterocycles. The second kappa shape index (κ2) is 7.51. The molecule has 0 unspecified atom stereocenters. The van der Waals surface area contributed by atoms with Gasteiger partial charge in [0.1, 0.15) is 5.60 Å². The summed E-state index contributed by atoms with van der Waals surface area (Å²) in [5.41, 5.74) is 2.28. The number of ether oxygens (including phenoxy) is 1. The molecule has 0 atom stereocenters. The average Bonchev–Trinajstić information content (AvgIpc) is 2.43. The Hall–Kier alpha value is -2.01. The lowest BCUT2D eigenvalue weighted by Crippen LogP contribution is -2.27. The Labute approximate surface area is 145 Å². The van der Waals surface area contributed by atoms with Crippen LogP contribution in [0.1, 0.15) is 26.3 Å². The minimum Gasteiger partial charge on any atom is -0.444 e. The summed E-state index contributed by atoms with van der Waals surface area (Å²) in [4.78, 5) is 11.8. The molecule has 5 heteroatoms. The lowest BCUT2D eigenvalue weighted by atomic mass is 10.2. The molecule has 122 valence electrons. The predicted octanol–water partition coefficient (Wildman–Crippen LogP) is 5.41. The van der Waals surface area contributed by atoms with Crippen LogP contribution in [0.4, 0.5) is 16.2 Å². The van der Waals surface area contributed by atoms with Crippen LogP contribution < -0.4 is 10.6 Å². The molecule has 0 spiro atoms. The van der Waals surface area contributed by atoms with Crippen molar-refractivity contribution < 1.29 is 9.53 Å². The first kappa shape index (κ1) is 17.3. The Balaban J connectivity index is 1.95. The zero-order chi connectivity index (χ0) is 16.9. The quantitative estimate of drug-likeness (QED) is 0.749. The van der Waals surface area contributed by atoms with Gasteiger partial charge < -0.3 is 10.1 Å². The molecule has 0 aromatic heterocycles. The van der Waals surface area contributed by atoms with Gasteiger partial charge in [-0.05, 0) is 56.7 Å². The fourth-order valence-electron chi connectivity index (χ4n) is 1.98. The average molecular weight is 377 g/mol. The largest absolute Gasteiger partial charge is 0.444 e. The van der Waals surface area contributed by atoms with E-state index in [9.17, 15) is 4.79 Å². The fraction of sp³-hybridized carbons (Fsp3) is 0.278. The predicted molar refractivity (Wildman–Crippen MR) is 97.8 cm³/mol. The minimum absolute atomic E-state index is 0.457. The van der Waals surface area contributed by atoms with Crippen molar-refractivity contribution in [2.45, 2.75) is 32.9 Å². The third-order valence-electron chi connectivity index (χ3n) is 2.89. The van der Waals surface area contributed by atoms with Crippen molar-refractivity contribution in [3.05, 3.63) is 58.6 Å². The fourth-order valence-corrected chi connectivity index (χ4v) is 2.43. The van der Waals surface area contributed by atoms with Crippen molar-refractivity contribution >= 4 is 33.4 Å². The van der Waals surface area contributed by atoms with Gasteiger partial charge in [-0.3, -0.25) is 5.32 Å². The summed E-state index contributed by atoms with van der Waals surface area (Å²) < 4.78 is 6.30. The van der Waals surface area contributed by atoms with Crippen molar-refractivity contribution in [1.82, 2.24) is 0 Å². The normalized spacial score (nSPS) is 11.0. The number of benzene rings is 2. The van der Waals surface area contributed by atoms with Crippen molar-refractivity contribution in [3.8, 4) is 0 Å². The molecular formula is C18H21BrN2O2. The van der Waals surface area contributed by atoms with E-state index in [0.29, 0.717) is 12.2 Å². The molecule has 2 N–H and O–H groups in total. The molecule has 1 amide bonds. The molecule has 0 bridgehead atoms. The van der Waals surface area contributed by atoms with Gasteiger partial charge in [0.25, 0.3) is 0 Å². The molecule has 0 fully saturated rings. The lowest BCUT2D eigenvalue weighted by molar-refractivity contribution is 0.0636. The molecule has 23 heavy (non-hydrogen) atoms. The van der Waals surface area contributed by atoms with Crippen molar-refractivity contribution in [2.75, 3.05) is 10.6 Å². The summed E-state index contributed by atoms with van der Waals surface area (Å²) in [6.07, 6.45) is -0.457. The molecule has 0 radical (unpaired) electrons. The van der Waals surface area contributed by atoms with E-state index in [0.717, 1.165) is 10.2 Å². The van der Waals surface area contributed by atoms with Gasteiger partial charge in [0.2, 0.25) is 0 Å². The maximum absolute atomic E-state index is 11.8. The van der Waals surface area contributed by atoms with E-state index < -0.39 is 11.7 Å². The summed E-state index contributed by atoms with van der Waals surface area (Å²) in [5.74, 6) is 0. The maximum atomic E-state index is 11.8. The van der Waals surface area contributed by atoms with Crippen molar-refractivity contribution in [1.29, 1.82) is 0 Å². The SMILES string of the molecule is CC(C)(C)OC(=O)Nc1cccc(NCc2cccc(Br)c2)c1. The van der Waals surface area contributed by atoms with Gasteiger partial charge in [-0.2, -0.15) is 0 Å². The van der Waals surface area contributed by atoms with Gasteiger partial charge in [-0.25, -0.2) is 4.79 Å². The minimum atomic E-state index is -0.513. The zero-order valence-corrected chi connectivity index (χ0v) is 15.1. The van der Waals surface area contributed by atoms with Crippen LogP contribution in [0, 0.1) is 0 Å². The van der Waals surface area contributed by atoms with E-state index in [1.165, 1.54) is 5.56 Å². The van der Waals surface area contributed by atoms with Crippen LogP contribution in [0.3, 0.4) is 0 Å². The molecule has 0 saturated carbocycles. The van der Waals surface area contributed by atoms with Crippen LogP contribution in [-0.2, 0) is 11.3 Å². The van der Waals surface area contributed by atoms with Crippen LogP contribution in [0.25, 0.3) is 0 Å². The number of nitrogens with one attached hydrogen (secondary N) is 2. The van der Waals surface area contributed by atoms with E-state index in [-0.39, 0.29) is 0 Å². The number of carbonyl (C=O) groups excluding carboxylic acids is 1. The summed E-state index contributed by atoms with van der Waals surface area (Å²) >= 11 is 3.46. The third-order valence-corrected chi connectivity index (χ3v) is 3.39. The highest BCUT2D eigenvalue weighted by molar-refractivity contribution is 9.10. The Morgan fingerprint density at radius 3 is 2.48 bits per heavy atom. The van der Waals surface area contributed by atoms with Gasteiger partial charge in [0.05, 0.1) is 0 Å². The number of hydrogen-bond donors (Lipinski definition) is 2. The number of hydrogen-bond acceptors (Lipinski definition) is 3. The topological polar surface area (TPSA) is 50.4 Å². The Bertz CT molecular complexity index is 681. The standard InChI is InChI=1S/C18H21BrN2O2/c1-18(2,3)23-17(22)21-16-9-5-8-15(11-16)20-12-13-6-4-7-14(19)10-13/h4-11,20H,12H2,1-3H3,(H,21,22). The number of anilines is 2. The zero-order valence-electron chi connectivity index (χ0n) is 13.5. The third kappa shape index (κ3) is 6.32. The molecule has 0 saturated heterocycles. The van der Waals surface area contributed by atoms with Crippen LogP contribution in [0.2, 0.25) is 0 Å². The first-order valence-corrected chi connectivity index (χ1v) is 8.19. The van der Waals surface area contributed by atoms with Crippen LogP contribution in [0.15, 0.2) is 53.0 Å². The lowest BCUT2D eigenvalue weighted by Gasteiger charge is -2.19. The van der Waals surface area contributed by atoms with Crippen molar-refractivity contribution in [3.63, 3.8) is 0 Å². The van der Waals surface area contributed by atoms with Crippen molar-refractivity contribution in [2.24, 2.45) is 0 Å². The van der Waals surface area contributed by atoms with Crippen LogP contribution >= 0.6 is 15.9 Å². The molecule has 2 aromatic carbocycles. The van der Waals surface area contributed by atoms with Gasteiger partial charge >= 0.3 is 6.09 Å². The molecule has 2 rings (SSSR count). The van der Waals surface area contributed by atoms with Gasteiger partial charge in [-0.1, -0.05) is 34.1 Å². The van der Waals surface area contributed by atoms with Crippen LogP contribution in [-0.4, -0.2) is 11.7 Å². The van der Waals surface area contributed by atoms with Gasteiger partial charge in [0.15, 0.2) is 0 Å². The molecule has 0 aliphatic heterocycles. The number of amides is 1. The van der Waals surface area contributed by atoms with Gasteiger partial charge in [0, 0.05) is 22.4 Å². The molecule has 4 nitrogen and oxygen atoms in total. The highest BCUT2D eigenvalue weighted by atomic mass is 79.9. The maximum Gasteiger partial charge on any atom is 0.412 e. The Kier molecular flexibility index (Phi) is 5.66. The summed E-state index contributed by atoms with van der Waals surface area (Å²) in [6, 6.07) is 15.7. The Morgan fingerprint density at radius 2 is 1.78 bits per heavy atom. The van der Waals surface area contributed by atoms with Gasteiger partial charge in [-0.15, -0.1) is 0 Å². The van der Waals surface area contributed by atoms with E-state index in [1.54, 1.807) is 0 Å². The second-order valence-corrected chi connectivity index (χ2v) is 7.11. The number of carbonyl (C=O) groups is 1. The molecular weight excluding hydrogens is 356 g/mol. The first-order valence-electron chi connectivity index (χ1n) is 7.40. The summed E-state index contributed by atoms with van der Waals surface area (Å²) in [7, 11) is 0. The smallest absolute Gasteiger partial charge is 0.412 e.